The quantitative estimate of drug-likeness (QED) is 0.904. The highest BCUT2D eigenvalue weighted by molar-refractivity contribution is 8.14. The number of hydrogen-bond acceptors (Lipinski definition) is 3. The number of aromatic nitrogens is 2. The lowest BCUT2D eigenvalue weighted by Gasteiger charge is -2.36. The average molecular weight is 278 g/mol. The van der Waals surface area contributed by atoms with Crippen LogP contribution in [-0.4, -0.2) is 26.2 Å². The van der Waals surface area contributed by atoms with Gasteiger partial charge in [-0.05, 0) is 24.8 Å². The van der Waals surface area contributed by atoms with Gasteiger partial charge >= 0.3 is 0 Å². The molecule has 2 fully saturated rings. The number of nitrogens with one attached hydrogen (secondary N) is 1. The fraction of sp³-hybridized carbons (Fsp3) is 0.714. The molecule has 1 spiro atoms. The van der Waals surface area contributed by atoms with Gasteiger partial charge in [0.15, 0.2) is 5.17 Å². The maximum atomic E-state index is 4.67. The van der Waals surface area contributed by atoms with Crippen LogP contribution in [0.1, 0.15) is 38.3 Å². The third-order valence-electron chi connectivity index (χ3n) is 4.10. The second-order valence-corrected chi connectivity index (χ2v) is 6.96. The zero-order valence-corrected chi connectivity index (χ0v) is 12.5. The molecular weight excluding hydrogens is 256 g/mol. The lowest BCUT2D eigenvalue weighted by atomic mass is 9.78. The van der Waals surface area contributed by atoms with Crippen LogP contribution in [0.2, 0.25) is 0 Å². The third-order valence-corrected chi connectivity index (χ3v) is 5.30. The molecule has 1 aliphatic heterocycles. The fourth-order valence-electron chi connectivity index (χ4n) is 3.20. The SMILES string of the molecule is CC1CCCC2(CSC(=NCc3ccn(C)n3)N2)C1. The Labute approximate surface area is 119 Å². The van der Waals surface area contributed by atoms with Crippen molar-refractivity contribution in [3.8, 4) is 0 Å². The highest BCUT2D eigenvalue weighted by Crippen LogP contribution is 2.38. The van der Waals surface area contributed by atoms with Crippen LogP contribution in [0.3, 0.4) is 0 Å². The minimum Gasteiger partial charge on any atom is -0.359 e. The highest BCUT2D eigenvalue weighted by Gasteiger charge is 2.40. The summed E-state index contributed by atoms with van der Waals surface area (Å²) in [4.78, 5) is 4.67. The molecule has 1 aromatic rings. The largest absolute Gasteiger partial charge is 0.359 e. The van der Waals surface area contributed by atoms with Crippen LogP contribution < -0.4 is 5.32 Å². The maximum Gasteiger partial charge on any atom is 0.157 e. The molecule has 1 aromatic heterocycles. The van der Waals surface area contributed by atoms with E-state index in [1.807, 2.05) is 35.8 Å². The second-order valence-electron chi connectivity index (χ2n) is 6.00. The zero-order chi connectivity index (χ0) is 13.3. The number of aliphatic imine (C=N–C) groups is 1. The molecule has 104 valence electrons. The molecule has 0 aromatic carbocycles. The van der Waals surface area contributed by atoms with E-state index in [0.29, 0.717) is 12.1 Å². The average Bonchev–Trinajstić information content (AvgIpc) is 2.94. The molecular formula is C14H22N4S. The Bertz CT molecular complexity index is 482. The summed E-state index contributed by atoms with van der Waals surface area (Å²) >= 11 is 1.88. The van der Waals surface area contributed by atoms with Crippen molar-refractivity contribution in [2.24, 2.45) is 18.0 Å². The standard InChI is InChI=1S/C14H22N4S/c1-11-4-3-6-14(8-11)10-19-13(16-14)15-9-12-5-7-18(2)17-12/h5,7,11H,3-4,6,8-10H2,1-2H3,(H,15,16). The van der Waals surface area contributed by atoms with E-state index < -0.39 is 0 Å². The molecule has 1 saturated carbocycles. The van der Waals surface area contributed by atoms with Crippen LogP contribution in [0.4, 0.5) is 0 Å². The van der Waals surface area contributed by atoms with Gasteiger partial charge in [0, 0.05) is 24.5 Å². The van der Waals surface area contributed by atoms with E-state index in [0.717, 1.165) is 16.8 Å². The molecule has 0 radical (unpaired) electrons. The van der Waals surface area contributed by atoms with Gasteiger partial charge in [-0.3, -0.25) is 9.67 Å². The summed E-state index contributed by atoms with van der Waals surface area (Å²) in [5, 5.41) is 9.16. The fourth-order valence-corrected chi connectivity index (χ4v) is 4.39. The zero-order valence-electron chi connectivity index (χ0n) is 11.7. The van der Waals surface area contributed by atoms with Gasteiger partial charge in [0.05, 0.1) is 12.2 Å². The van der Waals surface area contributed by atoms with Gasteiger partial charge in [-0.25, -0.2) is 0 Å². The Balaban J connectivity index is 1.62. The minimum absolute atomic E-state index is 0.325. The predicted octanol–water partition coefficient (Wildman–Crippen LogP) is 2.56. The molecule has 5 heteroatoms. The van der Waals surface area contributed by atoms with Crippen molar-refractivity contribution in [1.82, 2.24) is 15.1 Å². The lowest BCUT2D eigenvalue weighted by molar-refractivity contribution is 0.242. The summed E-state index contributed by atoms with van der Waals surface area (Å²) in [6.07, 6.45) is 7.29. The lowest BCUT2D eigenvalue weighted by Crippen LogP contribution is -2.47. The summed E-state index contributed by atoms with van der Waals surface area (Å²) in [7, 11) is 1.94. The van der Waals surface area contributed by atoms with Crippen molar-refractivity contribution in [2.45, 2.75) is 44.7 Å². The van der Waals surface area contributed by atoms with Crippen molar-refractivity contribution in [3.05, 3.63) is 18.0 Å². The number of rotatable bonds is 2. The second kappa shape index (κ2) is 5.19. The first kappa shape index (κ1) is 13.0. The molecule has 0 amide bonds. The van der Waals surface area contributed by atoms with E-state index in [9.17, 15) is 0 Å². The van der Waals surface area contributed by atoms with Gasteiger partial charge in [-0.2, -0.15) is 5.10 Å². The number of hydrogen-bond donors (Lipinski definition) is 1. The Hall–Kier alpha value is -0.970. The van der Waals surface area contributed by atoms with Crippen LogP contribution in [0.25, 0.3) is 0 Å². The molecule has 19 heavy (non-hydrogen) atoms. The summed E-state index contributed by atoms with van der Waals surface area (Å²) in [5.41, 5.74) is 1.36. The number of aryl methyl sites for hydroxylation is 1. The molecule has 4 nitrogen and oxygen atoms in total. The molecule has 1 saturated heterocycles. The maximum absolute atomic E-state index is 4.67. The van der Waals surface area contributed by atoms with Crippen molar-refractivity contribution in [1.29, 1.82) is 0 Å². The summed E-state index contributed by atoms with van der Waals surface area (Å²) in [6.45, 7) is 3.05. The van der Waals surface area contributed by atoms with Crippen molar-refractivity contribution in [3.63, 3.8) is 0 Å². The van der Waals surface area contributed by atoms with E-state index in [1.165, 1.54) is 31.4 Å². The van der Waals surface area contributed by atoms with E-state index in [4.69, 9.17) is 0 Å². The summed E-state index contributed by atoms with van der Waals surface area (Å²) in [5.74, 6) is 2.02. The Morgan fingerprint density at radius 1 is 1.63 bits per heavy atom. The van der Waals surface area contributed by atoms with Gasteiger partial charge in [0.25, 0.3) is 0 Å². The van der Waals surface area contributed by atoms with Crippen molar-refractivity contribution < 1.29 is 0 Å². The molecule has 1 N–H and O–H groups in total. The number of nitrogens with zero attached hydrogens (tertiary/aromatic N) is 3. The Morgan fingerprint density at radius 3 is 3.26 bits per heavy atom. The summed E-state index contributed by atoms with van der Waals surface area (Å²) < 4.78 is 1.83. The first-order valence-electron chi connectivity index (χ1n) is 7.09. The highest BCUT2D eigenvalue weighted by atomic mass is 32.2. The van der Waals surface area contributed by atoms with Gasteiger partial charge in [0.2, 0.25) is 0 Å². The molecule has 3 rings (SSSR count). The van der Waals surface area contributed by atoms with Gasteiger partial charge < -0.3 is 5.32 Å². The van der Waals surface area contributed by atoms with Crippen molar-refractivity contribution >= 4 is 16.9 Å². The molecule has 2 atom stereocenters. The van der Waals surface area contributed by atoms with Gasteiger partial charge in [-0.15, -0.1) is 0 Å². The Morgan fingerprint density at radius 2 is 2.53 bits per heavy atom. The third kappa shape index (κ3) is 2.96. The molecule has 0 bridgehead atoms. The number of amidine groups is 1. The minimum atomic E-state index is 0.325. The van der Waals surface area contributed by atoms with E-state index >= 15 is 0 Å². The number of thioether (sulfide) groups is 1. The van der Waals surface area contributed by atoms with Crippen molar-refractivity contribution in [2.75, 3.05) is 5.75 Å². The summed E-state index contributed by atoms with van der Waals surface area (Å²) in [6, 6.07) is 2.03. The monoisotopic (exact) mass is 278 g/mol. The van der Waals surface area contributed by atoms with Crippen LogP contribution in [0.15, 0.2) is 17.3 Å². The van der Waals surface area contributed by atoms with E-state index in [2.05, 4.69) is 22.3 Å². The smallest absolute Gasteiger partial charge is 0.157 e. The van der Waals surface area contributed by atoms with Crippen LogP contribution >= 0.6 is 11.8 Å². The van der Waals surface area contributed by atoms with E-state index in [1.54, 1.807) is 0 Å². The van der Waals surface area contributed by atoms with E-state index in [-0.39, 0.29) is 0 Å². The first-order chi connectivity index (χ1) is 9.15. The molecule has 1 aliphatic carbocycles. The van der Waals surface area contributed by atoms with Gasteiger partial charge in [0.1, 0.15) is 0 Å². The molecule has 2 heterocycles. The topological polar surface area (TPSA) is 42.2 Å². The predicted molar refractivity (Wildman–Crippen MR) is 80.3 cm³/mol. The first-order valence-corrected chi connectivity index (χ1v) is 8.08. The van der Waals surface area contributed by atoms with Crippen LogP contribution in [-0.2, 0) is 13.6 Å². The van der Waals surface area contributed by atoms with Crippen LogP contribution in [0.5, 0.6) is 0 Å². The molecule has 2 aliphatic rings. The van der Waals surface area contributed by atoms with Gasteiger partial charge in [-0.1, -0.05) is 31.5 Å². The molecule has 2 unspecified atom stereocenters. The normalized spacial score (nSPS) is 32.9. The Kier molecular flexibility index (Phi) is 3.56. The van der Waals surface area contributed by atoms with Crippen LogP contribution in [0, 0.1) is 5.92 Å².